The van der Waals surface area contributed by atoms with Crippen molar-refractivity contribution in [1.82, 2.24) is 10.2 Å². The number of benzene rings is 1. The Morgan fingerprint density at radius 2 is 2.05 bits per heavy atom. The summed E-state index contributed by atoms with van der Waals surface area (Å²) in [6.07, 6.45) is 3.96. The first kappa shape index (κ1) is 14.5. The van der Waals surface area contributed by atoms with Crippen LogP contribution in [-0.4, -0.2) is 41.8 Å². The molecule has 1 aromatic carbocycles. The third kappa shape index (κ3) is 3.25. The smallest absolute Gasteiger partial charge is 0.0666 e. The van der Waals surface area contributed by atoms with E-state index in [1.807, 2.05) is 0 Å². The third-order valence-electron chi connectivity index (χ3n) is 4.68. The highest BCUT2D eigenvalue weighted by molar-refractivity contribution is 9.10. The molecule has 0 aromatic heterocycles. The van der Waals surface area contributed by atoms with Crippen molar-refractivity contribution in [1.29, 1.82) is 0 Å². The van der Waals surface area contributed by atoms with Crippen LogP contribution in [0.2, 0.25) is 0 Å². The zero-order chi connectivity index (χ0) is 14.0. The number of rotatable bonds is 4. The molecule has 2 fully saturated rings. The van der Waals surface area contributed by atoms with Crippen LogP contribution in [0.15, 0.2) is 28.7 Å². The van der Waals surface area contributed by atoms with Crippen LogP contribution < -0.4 is 5.32 Å². The van der Waals surface area contributed by atoms with Gasteiger partial charge in [-0.15, -0.1) is 0 Å². The maximum Gasteiger partial charge on any atom is 0.0666 e. The van der Waals surface area contributed by atoms with Gasteiger partial charge in [-0.25, -0.2) is 0 Å². The number of nitrogens with zero attached hydrogens (tertiary/aromatic N) is 1. The average Bonchev–Trinajstić information content (AvgIpc) is 2.44. The molecule has 1 aliphatic carbocycles. The summed E-state index contributed by atoms with van der Waals surface area (Å²) in [4.78, 5) is 2.52. The van der Waals surface area contributed by atoms with Gasteiger partial charge in [-0.05, 0) is 43.4 Å². The summed E-state index contributed by atoms with van der Waals surface area (Å²) in [6, 6.07) is 8.89. The first-order valence-corrected chi connectivity index (χ1v) is 8.38. The molecule has 1 aliphatic heterocycles. The summed E-state index contributed by atoms with van der Waals surface area (Å²) < 4.78 is 1.12. The number of halogens is 1. The Kier molecular flexibility index (Phi) is 4.46. The van der Waals surface area contributed by atoms with E-state index in [0.29, 0.717) is 6.04 Å². The van der Waals surface area contributed by atoms with Crippen LogP contribution in [0.5, 0.6) is 0 Å². The standard InChI is InChI=1S/C16H23BrN2O/c17-14-4-1-3-13(11-14)15(12-16(20)5-2-6-16)19-9-7-18-8-10-19/h1,3-4,11,15,18,20H,2,5-10,12H2. The second-order valence-electron chi connectivity index (χ2n) is 6.14. The van der Waals surface area contributed by atoms with Crippen LogP contribution in [0.4, 0.5) is 0 Å². The second-order valence-corrected chi connectivity index (χ2v) is 7.05. The molecule has 3 rings (SSSR count). The van der Waals surface area contributed by atoms with Gasteiger partial charge in [0, 0.05) is 36.7 Å². The summed E-state index contributed by atoms with van der Waals surface area (Å²) in [5, 5.41) is 14.0. The highest BCUT2D eigenvalue weighted by Crippen LogP contribution is 2.41. The van der Waals surface area contributed by atoms with Gasteiger partial charge in [0.15, 0.2) is 0 Å². The molecule has 0 radical (unpaired) electrons. The molecular formula is C16H23BrN2O. The lowest BCUT2D eigenvalue weighted by atomic mass is 9.74. The first-order chi connectivity index (χ1) is 9.66. The quantitative estimate of drug-likeness (QED) is 0.885. The van der Waals surface area contributed by atoms with Crippen molar-refractivity contribution in [3.63, 3.8) is 0 Å². The Morgan fingerprint density at radius 3 is 2.65 bits per heavy atom. The maximum absolute atomic E-state index is 10.6. The Bertz CT molecular complexity index is 456. The van der Waals surface area contributed by atoms with Crippen LogP contribution in [0.25, 0.3) is 0 Å². The van der Waals surface area contributed by atoms with Crippen LogP contribution in [0.3, 0.4) is 0 Å². The highest BCUT2D eigenvalue weighted by Gasteiger charge is 2.38. The molecule has 0 amide bonds. The molecule has 1 aromatic rings. The van der Waals surface area contributed by atoms with E-state index in [4.69, 9.17) is 0 Å². The van der Waals surface area contributed by atoms with Gasteiger partial charge in [0.2, 0.25) is 0 Å². The molecule has 20 heavy (non-hydrogen) atoms. The van der Waals surface area contributed by atoms with Crippen molar-refractivity contribution in [2.75, 3.05) is 26.2 Å². The van der Waals surface area contributed by atoms with Gasteiger partial charge in [0.25, 0.3) is 0 Å². The fourth-order valence-corrected chi connectivity index (χ4v) is 3.73. The molecule has 1 saturated carbocycles. The molecule has 110 valence electrons. The van der Waals surface area contributed by atoms with Gasteiger partial charge in [-0.1, -0.05) is 28.1 Å². The lowest BCUT2D eigenvalue weighted by Gasteiger charge is -2.44. The fourth-order valence-electron chi connectivity index (χ4n) is 3.31. The van der Waals surface area contributed by atoms with Crippen molar-refractivity contribution in [3.8, 4) is 0 Å². The van der Waals surface area contributed by atoms with Gasteiger partial charge < -0.3 is 10.4 Å². The normalized spacial score (nSPS) is 24.1. The molecule has 4 heteroatoms. The largest absolute Gasteiger partial charge is 0.390 e. The molecule has 0 bridgehead atoms. The molecule has 0 spiro atoms. The Balaban J connectivity index is 1.81. The van der Waals surface area contributed by atoms with Crippen molar-refractivity contribution in [2.45, 2.75) is 37.3 Å². The number of hydrogen-bond acceptors (Lipinski definition) is 3. The van der Waals surface area contributed by atoms with Crippen molar-refractivity contribution in [3.05, 3.63) is 34.3 Å². The molecule has 3 nitrogen and oxygen atoms in total. The van der Waals surface area contributed by atoms with E-state index in [9.17, 15) is 5.11 Å². The monoisotopic (exact) mass is 338 g/mol. The lowest BCUT2D eigenvalue weighted by Crippen LogP contribution is -2.48. The third-order valence-corrected chi connectivity index (χ3v) is 5.18. The van der Waals surface area contributed by atoms with E-state index >= 15 is 0 Å². The summed E-state index contributed by atoms with van der Waals surface area (Å²) in [7, 11) is 0. The Labute approximate surface area is 129 Å². The van der Waals surface area contributed by atoms with Crippen LogP contribution in [0.1, 0.15) is 37.3 Å². The van der Waals surface area contributed by atoms with Crippen molar-refractivity contribution >= 4 is 15.9 Å². The number of piperazine rings is 1. The molecule has 1 heterocycles. The SMILES string of the molecule is OC1(CC(c2cccc(Br)c2)N2CCNCC2)CCC1. The summed E-state index contributed by atoms with van der Waals surface area (Å²) in [5.74, 6) is 0. The molecule has 1 unspecified atom stereocenters. The van der Waals surface area contributed by atoms with E-state index < -0.39 is 5.60 Å². The van der Waals surface area contributed by atoms with Gasteiger partial charge in [-0.3, -0.25) is 4.90 Å². The summed E-state index contributed by atoms with van der Waals surface area (Å²) >= 11 is 3.57. The van der Waals surface area contributed by atoms with E-state index in [1.165, 1.54) is 12.0 Å². The maximum atomic E-state index is 10.6. The van der Waals surface area contributed by atoms with E-state index in [2.05, 4.69) is 50.4 Å². The molecule has 2 aliphatic rings. The number of hydrogen-bond donors (Lipinski definition) is 2. The molecular weight excluding hydrogens is 316 g/mol. The van der Waals surface area contributed by atoms with Gasteiger partial charge >= 0.3 is 0 Å². The minimum absolute atomic E-state index is 0.333. The summed E-state index contributed by atoms with van der Waals surface area (Å²) in [5.41, 5.74) is 0.888. The number of aliphatic hydroxyl groups is 1. The topological polar surface area (TPSA) is 35.5 Å². The zero-order valence-electron chi connectivity index (χ0n) is 11.8. The van der Waals surface area contributed by atoms with Gasteiger partial charge in [0.05, 0.1) is 5.60 Å². The average molecular weight is 339 g/mol. The predicted molar refractivity (Wildman–Crippen MR) is 84.7 cm³/mol. The van der Waals surface area contributed by atoms with Gasteiger partial charge in [0.1, 0.15) is 0 Å². The predicted octanol–water partition coefficient (Wildman–Crippen LogP) is 2.70. The van der Waals surface area contributed by atoms with E-state index in [0.717, 1.165) is 49.9 Å². The Hall–Kier alpha value is -0.420. The molecule has 2 N–H and O–H groups in total. The highest BCUT2D eigenvalue weighted by atomic mass is 79.9. The Morgan fingerprint density at radius 1 is 1.30 bits per heavy atom. The second kappa shape index (κ2) is 6.14. The first-order valence-electron chi connectivity index (χ1n) is 7.59. The van der Waals surface area contributed by atoms with Crippen molar-refractivity contribution < 1.29 is 5.11 Å². The van der Waals surface area contributed by atoms with Crippen LogP contribution >= 0.6 is 15.9 Å². The lowest BCUT2D eigenvalue weighted by molar-refractivity contribution is -0.0615. The van der Waals surface area contributed by atoms with Gasteiger partial charge in [-0.2, -0.15) is 0 Å². The minimum Gasteiger partial charge on any atom is -0.390 e. The van der Waals surface area contributed by atoms with E-state index in [1.54, 1.807) is 0 Å². The van der Waals surface area contributed by atoms with Crippen LogP contribution in [0, 0.1) is 0 Å². The number of nitrogens with one attached hydrogen (secondary N) is 1. The fraction of sp³-hybridized carbons (Fsp3) is 0.625. The van der Waals surface area contributed by atoms with E-state index in [-0.39, 0.29) is 0 Å². The minimum atomic E-state index is -0.433. The van der Waals surface area contributed by atoms with Crippen molar-refractivity contribution in [2.24, 2.45) is 0 Å². The molecule has 1 saturated heterocycles. The molecule has 1 atom stereocenters. The van der Waals surface area contributed by atoms with Crippen LogP contribution in [-0.2, 0) is 0 Å². The summed E-state index contributed by atoms with van der Waals surface area (Å²) in [6.45, 7) is 4.21. The zero-order valence-corrected chi connectivity index (χ0v) is 13.4.